The molecule has 19 heteroatoms. The van der Waals surface area contributed by atoms with E-state index in [1.165, 1.54) is 4.90 Å². The number of nitrogens with one attached hydrogen (secondary N) is 1. The van der Waals surface area contributed by atoms with Crippen molar-refractivity contribution in [3.63, 3.8) is 0 Å². The fourth-order valence-corrected chi connectivity index (χ4v) is 14.4. The highest BCUT2D eigenvalue weighted by Crippen LogP contribution is 2.66. The molecule has 6 fully saturated rings. The molecule has 18 nitrogen and oxygen atoms in total. The number of hydrogen-bond acceptors (Lipinski definition) is 10. The monoisotopic (exact) mass is 1200 g/mol. The summed E-state index contributed by atoms with van der Waals surface area (Å²) >= 11 is 0. The van der Waals surface area contributed by atoms with Crippen molar-refractivity contribution >= 4 is 43.2 Å². The second-order valence-corrected chi connectivity index (χ2v) is 25.5. The van der Waals surface area contributed by atoms with Gasteiger partial charge in [0, 0.05) is 65.2 Å². The number of amides is 7. The Morgan fingerprint density at radius 3 is 1.57 bits per heavy atom. The van der Waals surface area contributed by atoms with Crippen molar-refractivity contribution < 1.29 is 52.7 Å². The second kappa shape index (κ2) is 28.1. The number of aliphatic carboxylic acids is 1. The zero-order valence-corrected chi connectivity index (χ0v) is 51.3. The van der Waals surface area contributed by atoms with Crippen molar-refractivity contribution in [3.05, 3.63) is 181 Å². The summed E-state index contributed by atoms with van der Waals surface area (Å²) in [5.41, 5.74) is 6.01. The van der Waals surface area contributed by atoms with Crippen molar-refractivity contribution in [1.82, 2.24) is 34.7 Å². The van der Waals surface area contributed by atoms with Gasteiger partial charge in [0.2, 0.25) is 5.91 Å². The van der Waals surface area contributed by atoms with Crippen LogP contribution in [0, 0.1) is 17.3 Å². The first-order valence-corrected chi connectivity index (χ1v) is 31.4. The molecule has 3 saturated carbocycles. The Balaban J connectivity index is 0.000000221. The van der Waals surface area contributed by atoms with Crippen LogP contribution in [0.25, 0.3) is 0 Å². The van der Waals surface area contributed by atoms with Gasteiger partial charge in [0.25, 0.3) is 0 Å². The number of unbranched alkanes of at least 4 members (excludes halogenated alkanes) is 4. The van der Waals surface area contributed by atoms with Crippen molar-refractivity contribution in [2.75, 3.05) is 26.2 Å². The highest BCUT2D eigenvalue weighted by Gasteiger charge is 2.68. The maximum atomic E-state index is 14.6. The number of ether oxygens (including phenoxy) is 2. The summed E-state index contributed by atoms with van der Waals surface area (Å²) in [6.07, 6.45) is 11.1. The van der Waals surface area contributed by atoms with E-state index in [2.05, 4.69) is 45.8 Å². The Bertz CT molecular complexity index is 3120. The van der Waals surface area contributed by atoms with Gasteiger partial charge in [0.15, 0.2) is 0 Å². The summed E-state index contributed by atoms with van der Waals surface area (Å²) in [5, 5.41) is 13.1. The summed E-state index contributed by atoms with van der Waals surface area (Å²) in [6, 6.07) is 32.4. The molecular weight excluding hydrogens is 1110 g/mol. The van der Waals surface area contributed by atoms with E-state index in [9.17, 15) is 33.9 Å². The third-order valence-corrected chi connectivity index (χ3v) is 19.3. The van der Waals surface area contributed by atoms with E-state index >= 15 is 0 Å². The number of allylic oxidation sites excluding steroid dienone is 1. The van der Waals surface area contributed by atoms with Crippen LogP contribution in [0.1, 0.15) is 118 Å². The van der Waals surface area contributed by atoms with Crippen LogP contribution in [0.2, 0.25) is 0 Å². The molecule has 5 aliphatic heterocycles. The van der Waals surface area contributed by atoms with Gasteiger partial charge in [-0.25, -0.2) is 24.0 Å². The number of rotatable bonds is 21. The lowest BCUT2D eigenvalue weighted by atomic mass is 9.43. The number of fused-ring (bicyclic) bond motifs is 2. The summed E-state index contributed by atoms with van der Waals surface area (Å²) in [6.45, 7) is 21.6. The lowest BCUT2D eigenvalue weighted by molar-refractivity contribution is -0.199. The van der Waals surface area contributed by atoms with Crippen LogP contribution in [0.15, 0.2) is 147 Å². The molecule has 8 aliphatic rings. The number of urea groups is 2. The molecule has 0 radical (unpaired) electrons. The minimum absolute atomic E-state index is 0.0169. The topological polar surface area (TPSA) is 191 Å². The number of carbonyl (C=O) groups excluding carboxylic acids is 5. The highest BCUT2D eigenvalue weighted by molar-refractivity contribution is 6.48. The lowest BCUT2D eigenvalue weighted by Gasteiger charge is -2.64. The zero-order valence-electron chi connectivity index (χ0n) is 51.3. The average molecular weight is 1200 g/mol. The smallest absolute Gasteiger partial charge is 0.480 e. The van der Waals surface area contributed by atoms with Gasteiger partial charge in [-0.15, -0.1) is 19.7 Å². The van der Waals surface area contributed by atoms with Crippen LogP contribution in [0.5, 0.6) is 0 Å². The van der Waals surface area contributed by atoms with Crippen LogP contribution >= 0.6 is 0 Å². The molecule has 2 unspecified atom stereocenters. The van der Waals surface area contributed by atoms with Crippen molar-refractivity contribution in [1.29, 1.82) is 0 Å². The Labute approximate surface area is 518 Å². The maximum absolute atomic E-state index is 14.6. The van der Waals surface area contributed by atoms with E-state index in [-0.39, 0.29) is 55.9 Å². The van der Waals surface area contributed by atoms with Crippen molar-refractivity contribution in [2.45, 2.75) is 166 Å². The minimum Gasteiger partial charge on any atom is -0.480 e. The van der Waals surface area contributed by atoms with Crippen LogP contribution < -0.4 is 5.32 Å². The molecule has 88 heavy (non-hydrogen) atoms. The predicted molar refractivity (Wildman–Crippen MR) is 335 cm³/mol. The summed E-state index contributed by atoms with van der Waals surface area (Å²) in [4.78, 5) is 89.9. The fraction of sp³-hybridized carbons (Fsp3) is 0.478. The van der Waals surface area contributed by atoms with E-state index in [1.54, 1.807) is 36.7 Å². The van der Waals surface area contributed by atoms with Crippen molar-refractivity contribution in [3.8, 4) is 0 Å². The number of hydrogen-bond donors (Lipinski definition) is 2. The van der Waals surface area contributed by atoms with Gasteiger partial charge in [-0.2, -0.15) is 0 Å². The number of likely N-dealkylation sites (tertiary alicyclic amines) is 2. The van der Waals surface area contributed by atoms with E-state index in [4.69, 9.17) is 18.8 Å². The zero-order chi connectivity index (χ0) is 62.1. The van der Waals surface area contributed by atoms with E-state index in [0.717, 1.165) is 78.3 Å². The first-order valence-electron chi connectivity index (χ1n) is 31.4. The normalized spacial score (nSPS) is 24.5. The van der Waals surface area contributed by atoms with E-state index < -0.39 is 67.1 Å². The molecule has 9 atom stereocenters. The molecule has 466 valence electrons. The molecule has 3 aliphatic carbocycles. The molecular formula is C69H86BN7O11. The van der Waals surface area contributed by atoms with Gasteiger partial charge in [-0.3, -0.25) is 14.6 Å². The lowest BCUT2D eigenvalue weighted by Crippen LogP contribution is -2.65. The first-order chi connectivity index (χ1) is 42.5. The summed E-state index contributed by atoms with van der Waals surface area (Å²) in [5.74, 6) is -0.796. The molecule has 12 rings (SSSR count). The Morgan fingerprint density at radius 1 is 0.636 bits per heavy atom. The fourth-order valence-electron chi connectivity index (χ4n) is 14.4. The largest absolute Gasteiger partial charge is 0.481 e. The Morgan fingerprint density at radius 2 is 1.10 bits per heavy atom. The third kappa shape index (κ3) is 14.2. The standard InChI is InChI=1S/C44H59BN4O6.C25H27N3O5/c1-6-8-9-10-11-15-22-39(45-54-38-25-34-24-37(43(34,3)4)44(38,5)55-45)46-40(50)36-26-35(53-42(52)48-28-32-20-16-17-21-33(32)29-48)30-49(36)41(51)47(23-7-2)27-31-18-13-12-14-19-31;1-2-12-26(14-18-8-4-3-5-9-18)24(31)28-17-21(13-22(28)23(29)30)33-25(32)27-15-19-10-6-7-11-20(19)16-27/h6-7,12-14,16-21,34-39H,1-2,8-11,15,22-30H2,3-5H3,(H,46,50);2-11,21-22H,1,12-17H2,(H,29,30)/t34-,35-,36+,37-,38?,39+,44-;21?,22-/m10/s1. The van der Waals surface area contributed by atoms with Crippen LogP contribution in [-0.4, -0.2) is 146 Å². The molecule has 3 saturated heterocycles. The molecule has 4 aromatic rings. The summed E-state index contributed by atoms with van der Waals surface area (Å²) in [7, 11) is -0.589. The first kappa shape index (κ1) is 63.1. The second-order valence-electron chi connectivity index (χ2n) is 25.5. The van der Waals surface area contributed by atoms with Crippen LogP contribution in [-0.2, 0) is 67.6 Å². The Kier molecular flexibility index (Phi) is 20.1. The minimum atomic E-state index is -1.12. The van der Waals surface area contributed by atoms with Gasteiger partial charge in [0.1, 0.15) is 24.3 Å². The van der Waals surface area contributed by atoms with E-state index in [0.29, 0.717) is 64.1 Å². The third-order valence-electron chi connectivity index (χ3n) is 19.3. The molecule has 2 N–H and O–H groups in total. The van der Waals surface area contributed by atoms with Gasteiger partial charge in [-0.05, 0) is 89.7 Å². The number of carbonyl (C=O) groups is 6. The van der Waals surface area contributed by atoms with Gasteiger partial charge < -0.3 is 48.8 Å². The molecule has 0 aromatic heterocycles. The average Bonchev–Trinajstić information content (AvgIpc) is 1.31. The number of benzene rings is 4. The van der Waals surface area contributed by atoms with Crippen LogP contribution in [0.4, 0.5) is 19.2 Å². The van der Waals surface area contributed by atoms with Gasteiger partial charge in [-0.1, -0.05) is 161 Å². The molecule has 2 bridgehead atoms. The predicted octanol–water partition coefficient (Wildman–Crippen LogP) is 11.1. The molecule has 5 heterocycles. The van der Waals surface area contributed by atoms with Crippen LogP contribution in [0.3, 0.4) is 0 Å². The number of carboxylic acid groups (broad SMARTS) is 1. The Hall–Kier alpha value is -7.90. The van der Waals surface area contributed by atoms with Gasteiger partial charge >= 0.3 is 37.3 Å². The quantitative estimate of drug-likeness (QED) is 0.0458. The van der Waals surface area contributed by atoms with E-state index in [1.807, 2.05) is 115 Å². The highest BCUT2D eigenvalue weighted by atomic mass is 16.7. The van der Waals surface area contributed by atoms with Gasteiger partial charge in [0.05, 0.1) is 30.7 Å². The summed E-state index contributed by atoms with van der Waals surface area (Å²) < 4.78 is 25.4. The number of nitrogens with zero attached hydrogens (tertiary/aromatic N) is 6. The molecule has 7 amide bonds. The SMILES string of the molecule is C=CCCCCCC[C@H](NC(=O)[C@@H]1C[C@@H](OC(=O)N2Cc3ccccc3C2)CN1C(=O)N(CC=C)Cc1ccccc1)B1OC2C[C@H]3C[C@H](C3(C)C)[C@@]2(C)O1.C=CCN(Cc1ccccc1)C(=O)N1CC(OC(=O)N2Cc3ccccc3C2)C[C@H]1C(=O)O. The molecule has 4 aromatic carbocycles. The number of carboxylic acids is 1. The molecule has 0 spiro atoms. The maximum Gasteiger partial charge on any atom is 0.481 e. The van der Waals surface area contributed by atoms with Crippen molar-refractivity contribution in [2.24, 2.45) is 17.3 Å².